The number of imidazole rings is 1. The summed E-state index contributed by atoms with van der Waals surface area (Å²) in [5, 5.41) is 2.40. The second kappa shape index (κ2) is 5.05. The van der Waals surface area contributed by atoms with Crippen LogP contribution in [0.15, 0.2) is 49.1 Å². The first-order valence-corrected chi connectivity index (χ1v) is 5.69. The van der Waals surface area contributed by atoms with E-state index in [2.05, 4.69) is 48.3 Å². The number of hydrogen-bond donors (Lipinski definition) is 0. The van der Waals surface area contributed by atoms with Gasteiger partial charge < -0.3 is 0 Å². The van der Waals surface area contributed by atoms with Crippen LogP contribution < -0.4 is 0 Å². The number of nitrogens with zero attached hydrogens (tertiary/aromatic N) is 2. The molecule has 0 bridgehead atoms. The summed E-state index contributed by atoms with van der Waals surface area (Å²) in [7, 11) is 2.03. The van der Waals surface area contributed by atoms with Crippen LogP contribution in [-0.4, -0.2) is 9.13 Å². The molecule has 3 rings (SSSR count). The Morgan fingerprint density at radius 3 is 2.72 bits per heavy atom. The molecule has 0 saturated carbocycles. The van der Waals surface area contributed by atoms with E-state index >= 15 is 0 Å². The number of hydrogen-bond acceptors (Lipinski definition) is 0. The van der Waals surface area contributed by atoms with Crippen molar-refractivity contribution in [3.05, 3.63) is 60.7 Å². The molecule has 3 heteroatoms. The second-order valence-corrected chi connectivity index (χ2v) is 4.35. The van der Waals surface area contributed by atoms with Gasteiger partial charge in [-0.15, -0.1) is 24.3 Å². The molecule has 0 N–H and O–H groups in total. The minimum absolute atomic E-state index is 0. The van der Waals surface area contributed by atoms with Gasteiger partial charge in [0.2, 0.25) is 0 Å². The van der Waals surface area contributed by atoms with Crippen molar-refractivity contribution in [2.24, 2.45) is 7.05 Å². The van der Waals surface area contributed by atoms with Gasteiger partial charge in [0.25, 0.3) is 0 Å². The van der Waals surface area contributed by atoms with Crippen molar-refractivity contribution in [3.8, 4) is 5.69 Å². The average molecular weight is 415 g/mol. The van der Waals surface area contributed by atoms with Gasteiger partial charge in [0.1, 0.15) is 18.1 Å². The van der Waals surface area contributed by atoms with Gasteiger partial charge in [0, 0.05) is 32.7 Å². The average Bonchev–Trinajstić information content (AvgIpc) is 2.75. The summed E-state index contributed by atoms with van der Waals surface area (Å²) in [5.74, 6) is 0. The molecule has 0 fully saturated rings. The van der Waals surface area contributed by atoms with Crippen LogP contribution in [0.2, 0.25) is 0 Å². The van der Waals surface area contributed by atoms with Gasteiger partial charge in [0.05, 0.1) is 0 Å². The Balaban J connectivity index is 0.00000120. The summed E-state index contributed by atoms with van der Waals surface area (Å²) in [6, 6.07) is 13.8. The molecule has 0 spiro atoms. The maximum absolute atomic E-state index is 3.34. The number of benzene rings is 2. The molecular formula is C15H14IrN2. The number of rotatable bonds is 1. The first-order chi connectivity index (χ1) is 8.25. The molecule has 3 aromatic rings. The van der Waals surface area contributed by atoms with Gasteiger partial charge in [-0.2, -0.15) is 4.57 Å². The fourth-order valence-electron chi connectivity index (χ4n) is 2.20. The van der Waals surface area contributed by atoms with Crippen molar-refractivity contribution in [3.63, 3.8) is 0 Å². The van der Waals surface area contributed by atoms with Crippen molar-refractivity contribution < 1.29 is 20.1 Å². The fraction of sp³-hybridized carbons (Fsp3) is 0.133. The van der Waals surface area contributed by atoms with Crippen molar-refractivity contribution in [1.82, 2.24) is 9.13 Å². The summed E-state index contributed by atoms with van der Waals surface area (Å²) in [6.45, 7) is 2.13. The normalized spacial score (nSPS) is 10.3. The number of aromatic nitrogens is 2. The zero-order valence-corrected chi connectivity index (χ0v) is 12.7. The smallest absolute Gasteiger partial charge is 0.166 e. The van der Waals surface area contributed by atoms with E-state index in [1.807, 2.05) is 29.9 Å². The summed E-state index contributed by atoms with van der Waals surface area (Å²) in [6.07, 6.45) is 6.19. The maximum Gasteiger partial charge on any atom is 0.166 e. The van der Waals surface area contributed by atoms with Crippen LogP contribution in [0, 0.1) is 13.0 Å². The first kappa shape index (κ1) is 13.0. The minimum atomic E-state index is 0. The Kier molecular flexibility index (Phi) is 3.65. The van der Waals surface area contributed by atoms with E-state index in [4.69, 9.17) is 0 Å². The van der Waals surface area contributed by atoms with E-state index in [9.17, 15) is 0 Å². The topological polar surface area (TPSA) is 9.86 Å². The zero-order valence-electron chi connectivity index (χ0n) is 10.3. The van der Waals surface area contributed by atoms with Gasteiger partial charge in [-0.25, -0.2) is 0 Å². The maximum atomic E-state index is 3.34. The van der Waals surface area contributed by atoms with Crippen LogP contribution in [0.3, 0.4) is 0 Å². The molecule has 0 unspecified atom stereocenters. The SMILES string of the molecule is Cc1ccc2ccc[c-]c2c1-n1ccn(C)[cH+]1.[Ir]. The predicted molar refractivity (Wildman–Crippen MR) is 70.2 cm³/mol. The van der Waals surface area contributed by atoms with E-state index in [-0.39, 0.29) is 20.1 Å². The molecule has 1 heterocycles. The molecule has 0 saturated heterocycles. The van der Waals surface area contributed by atoms with Crippen LogP contribution in [0.5, 0.6) is 0 Å². The van der Waals surface area contributed by atoms with Gasteiger partial charge in [-0.3, -0.25) is 4.57 Å². The van der Waals surface area contributed by atoms with Crippen LogP contribution in [0.1, 0.15) is 5.56 Å². The van der Waals surface area contributed by atoms with E-state index in [1.165, 1.54) is 22.0 Å². The molecule has 0 aliphatic rings. The third kappa shape index (κ3) is 2.12. The molecule has 0 aliphatic carbocycles. The fourth-order valence-corrected chi connectivity index (χ4v) is 2.20. The monoisotopic (exact) mass is 415 g/mol. The minimum Gasteiger partial charge on any atom is -0.255 e. The number of fused-ring (bicyclic) bond motifs is 1. The van der Waals surface area contributed by atoms with Crippen molar-refractivity contribution in [2.45, 2.75) is 6.92 Å². The Morgan fingerprint density at radius 2 is 2.00 bits per heavy atom. The third-order valence-corrected chi connectivity index (χ3v) is 3.04. The first-order valence-electron chi connectivity index (χ1n) is 5.69. The molecular weight excluding hydrogens is 400 g/mol. The van der Waals surface area contributed by atoms with Gasteiger partial charge in [-0.1, -0.05) is 17.5 Å². The largest absolute Gasteiger partial charge is 0.255 e. The third-order valence-electron chi connectivity index (χ3n) is 3.04. The van der Waals surface area contributed by atoms with E-state index in [0.717, 1.165) is 0 Å². The van der Waals surface area contributed by atoms with Crippen molar-refractivity contribution in [1.29, 1.82) is 0 Å². The summed E-state index contributed by atoms with van der Waals surface area (Å²) in [5.41, 5.74) is 2.47. The van der Waals surface area contributed by atoms with Gasteiger partial charge >= 0.3 is 0 Å². The molecule has 0 aliphatic heterocycles. The summed E-state index contributed by atoms with van der Waals surface area (Å²) < 4.78 is 4.19. The molecule has 2 aromatic carbocycles. The molecule has 1 radical (unpaired) electrons. The zero-order chi connectivity index (χ0) is 11.8. The van der Waals surface area contributed by atoms with E-state index in [1.54, 1.807) is 0 Å². The van der Waals surface area contributed by atoms with E-state index < -0.39 is 0 Å². The molecule has 0 atom stereocenters. The molecule has 0 amide bonds. The molecule has 1 aromatic heterocycles. The Morgan fingerprint density at radius 1 is 1.17 bits per heavy atom. The molecule has 2 nitrogen and oxygen atoms in total. The Labute approximate surface area is 120 Å². The van der Waals surface area contributed by atoms with Crippen molar-refractivity contribution >= 4 is 10.8 Å². The Bertz CT molecular complexity index is 686. The summed E-state index contributed by atoms with van der Waals surface area (Å²) in [4.78, 5) is 0. The van der Waals surface area contributed by atoms with Crippen LogP contribution in [0.4, 0.5) is 0 Å². The van der Waals surface area contributed by atoms with Crippen LogP contribution in [0.25, 0.3) is 16.5 Å². The molecule has 18 heavy (non-hydrogen) atoms. The molecule has 93 valence electrons. The van der Waals surface area contributed by atoms with E-state index in [0.29, 0.717) is 0 Å². The van der Waals surface area contributed by atoms with Crippen molar-refractivity contribution in [2.75, 3.05) is 0 Å². The quantitative estimate of drug-likeness (QED) is 0.541. The van der Waals surface area contributed by atoms with Gasteiger partial charge in [0.15, 0.2) is 6.33 Å². The standard InChI is InChI=1S/C15H14N2.Ir/c1-12-7-8-13-5-3-4-6-14(13)15(12)17-10-9-16(2)11-17;/h3-5,7-11H,1-2H3;. The summed E-state index contributed by atoms with van der Waals surface area (Å²) >= 11 is 0. The Hall–Kier alpha value is -1.44. The number of aryl methyl sites for hydroxylation is 2. The van der Waals surface area contributed by atoms with Crippen LogP contribution in [-0.2, 0) is 27.2 Å². The predicted octanol–water partition coefficient (Wildman–Crippen LogP) is 3.36. The second-order valence-electron chi connectivity index (χ2n) is 4.35. The van der Waals surface area contributed by atoms with Crippen LogP contribution >= 0.6 is 0 Å². The van der Waals surface area contributed by atoms with Gasteiger partial charge in [-0.05, 0) is 12.3 Å².